The van der Waals surface area contributed by atoms with Gasteiger partial charge in [-0.3, -0.25) is 4.79 Å². The van der Waals surface area contributed by atoms with Crippen molar-refractivity contribution in [2.75, 3.05) is 33.7 Å². The molecule has 2 unspecified atom stereocenters. The van der Waals surface area contributed by atoms with Crippen LogP contribution in [0.15, 0.2) is 4.99 Å². The molecule has 2 atom stereocenters. The first kappa shape index (κ1) is 20.8. The van der Waals surface area contributed by atoms with E-state index in [-0.39, 0.29) is 12.6 Å². The maximum absolute atomic E-state index is 12.4. The second kappa shape index (κ2) is 8.92. The van der Waals surface area contributed by atoms with E-state index in [1.165, 1.54) is 19.3 Å². The van der Waals surface area contributed by atoms with Crippen LogP contribution in [0.5, 0.6) is 0 Å². The molecule has 150 valence electrons. The van der Waals surface area contributed by atoms with Crippen molar-refractivity contribution in [3.63, 3.8) is 0 Å². The summed E-state index contributed by atoms with van der Waals surface area (Å²) >= 11 is 0. The van der Waals surface area contributed by atoms with E-state index in [0.29, 0.717) is 29.5 Å². The maximum Gasteiger partial charge on any atom is 0.406 e. The molecule has 2 bridgehead atoms. The fourth-order valence-electron chi connectivity index (χ4n) is 3.87. The molecule has 2 aliphatic rings. The van der Waals surface area contributed by atoms with E-state index in [2.05, 4.69) is 27.6 Å². The zero-order valence-corrected chi connectivity index (χ0v) is 15.8. The highest BCUT2D eigenvalue weighted by molar-refractivity contribution is 5.85. The first-order valence-corrected chi connectivity index (χ1v) is 9.27. The zero-order chi connectivity index (χ0) is 19.3. The summed E-state index contributed by atoms with van der Waals surface area (Å²) in [6, 6.07) is 1.38. The van der Waals surface area contributed by atoms with Gasteiger partial charge in [0.1, 0.15) is 13.1 Å². The molecule has 0 aromatic rings. The van der Waals surface area contributed by atoms with Crippen LogP contribution in [0.1, 0.15) is 39.0 Å². The van der Waals surface area contributed by atoms with Crippen molar-refractivity contribution < 1.29 is 18.0 Å². The normalized spacial score (nSPS) is 27.2. The van der Waals surface area contributed by atoms with Crippen molar-refractivity contribution in [2.45, 2.75) is 63.3 Å². The smallest absolute Gasteiger partial charge is 0.357 e. The molecule has 6 nitrogen and oxygen atoms in total. The molecule has 0 aromatic carbocycles. The van der Waals surface area contributed by atoms with Crippen molar-refractivity contribution >= 4 is 11.9 Å². The summed E-state index contributed by atoms with van der Waals surface area (Å²) in [5, 5.41) is 6.45. The number of carbonyl (C=O) groups excluding carboxylic acids is 1. The molecule has 2 saturated heterocycles. The number of aliphatic imine (C=N–C) groups is 1. The minimum Gasteiger partial charge on any atom is -0.357 e. The number of halogens is 3. The third kappa shape index (κ3) is 6.03. The summed E-state index contributed by atoms with van der Waals surface area (Å²) in [4.78, 5) is 19.2. The molecule has 0 radical (unpaired) electrons. The lowest BCUT2D eigenvalue weighted by Crippen LogP contribution is -2.56. The molecular formula is C17H30F3N5O. The van der Waals surface area contributed by atoms with E-state index < -0.39 is 18.6 Å². The highest BCUT2D eigenvalue weighted by Gasteiger charge is 2.36. The quantitative estimate of drug-likeness (QED) is 0.564. The summed E-state index contributed by atoms with van der Waals surface area (Å²) in [5.41, 5.74) is 0. The van der Waals surface area contributed by atoms with Crippen LogP contribution in [0.25, 0.3) is 0 Å². The number of guanidine groups is 1. The number of rotatable bonds is 5. The number of amides is 1. The average Bonchev–Trinajstić information content (AvgIpc) is 2.51. The number of nitrogens with zero attached hydrogens (tertiary/aromatic N) is 3. The van der Waals surface area contributed by atoms with E-state index in [9.17, 15) is 18.0 Å². The molecule has 2 fully saturated rings. The number of hydrogen-bond donors (Lipinski definition) is 2. The predicted molar refractivity (Wildman–Crippen MR) is 95.0 cm³/mol. The number of carbonyl (C=O) groups is 1. The van der Waals surface area contributed by atoms with Gasteiger partial charge in [0.2, 0.25) is 5.91 Å². The van der Waals surface area contributed by atoms with Gasteiger partial charge in [-0.2, -0.15) is 13.2 Å². The Balaban J connectivity index is 1.91. The second-order valence-electron chi connectivity index (χ2n) is 7.28. The third-order valence-electron chi connectivity index (χ3n) is 5.24. The lowest BCUT2D eigenvalue weighted by molar-refractivity contribution is -0.157. The van der Waals surface area contributed by atoms with Gasteiger partial charge in [-0.25, -0.2) is 4.99 Å². The van der Waals surface area contributed by atoms with Crippen molar-refractivity contribution in [1.29, 1.82) is 0 Å². The Kier molecular flexibility index (Phi) is 7.14. The van der Waals surface area contributed by atoms with Gasteiger partial charge in [0.05, 0.1) is 0 Å². The largest absolute Gasteiger partial charge is 0.406 e. The van der Waals surface area contributed by atoms with E-state index in [0.717, 1.165) is 19.9 Å². The van der Waals surface area contributed by atoms with Gasteiger partial charge >= 0.3 is 6.18 Å². The van der Waals surface area contributed by atoms with Crippen LogP contribution in [-0.4, -0.2) is 79.7 Å². The van der Waals surface area contributed by atoms with Crippen LogP contribution in [0.4, 0.5) is 13.2 Å². The Hall–Kier alpha value is -1.51. The van der Waals surface area contributed by atoms with Gasteiger partial charge in [0.25, 0.3) is 0 Å². The van der Waals surface area contributed by atoms with Gasteiger partial charge < -0.3 is 20.4 Å². The molecule has 2 N–H and O–H groups in total. The standard InChI is InChI=1S/C17H30F3N5O/c1-4-21-16(22-10-15(26)24(2)11-17(18,19)20)23-12-8-13-6-5-7-14(9-12)25(13)3/h12-14H,4-11H2,1-3H3,(H2,21,22,23). The summed E-state index contributed by atoms with van der Waals surface area (Å²) in [5.74, 6) is -0.159. The molecule has 0 aliphatic carbocycles. The predicted octanol–water partition coefficient (Wildman–Crippen LogP) is 1.58. The molecule has 1 amide bonds. The van der Waals surface area contributed by atoms with E-state index in [1.807, 2.05) is 6.92 Å². The van der Waals surface area contributed by atoms with Gasteiger partial charge in [0.15, 0.2) is 5.96 Å². The molecule has 2 aliphatic heterocycles. The van der Waals surface area contributed by atoms with E-state index in [1.54, 1.807) is 0 Å². The molecule has 2 heterocycles. The number of alkyl halides is 3. The summed E-state index contributed by atoms with van der Waals surface area (Å²) in [7, 11) is 3.32. The first-order valence-electron chi connectivity index (χ1n) is 9.27. The van der Waals surface area contributed by atoms with E-state index >= 15 is 0 Å². The number of piperidine rings is 2. The SMILES string of the molecule is CCNC(=NCC(=O)N(C)CC(F)(F)F)NC1CC2CCCC(C1)N2C. The third-order valence-corrected chi connectivity index (χ3v) is 5.24. The Labute approximate surface area is 153 Å². The molecule has 0 aromatic heterocycles. The highest BCUT2D eigenvalue weighted by atomic mass is 19.4. The monoisotopic (exact) mass is 377 g/mol. The lowest BCUT2D eigenvalue weighted by Gasteiger charge is -2.47. The van der Waals surface area contributed by atoms with Crippen LogP contribution >= 0.6 is 0 Å². The molecule has 26 heavy (non-hydrogen) atoms. The van der Waals surface area contributed by atoms with E-state index in [4.69, 9.17) is 0 Å². The molecular weight excluding hydrogens is 347 g/mol. The summed E-state index contributed by atoms with van der Waals surface area (Å²) < 4.78 is 37.1. The van der Waals surface area contributed by atoms with Gasteiger partial charge in [-0.05, 0) is 39.7 Å². The first-order chi connectivity index (χ1) is 12.2. The fraction of sp³-hybridized carbons (Fsp3) is 0.882. The molecule has 9 heteroatoms. The van der Waals surface area contributed by atoms with Gasteiger partial charge in [-0.1, -0.05) is 6.42 Å². The van der Waals surface area contributed by atoms with Crippen LogP contribution in [0, 0.1) is 0 Å². The van der Waals surface area contributed by atoms with Crippen LogP contribution in [0.3, 0.4) is 0 Å². The number of likely N-dealkylation sites (N-methyl/N-ethyl adjacent to an activating group) is 1. The number of nitrogens with one attached hydrogen (secondary N) is 2. The molecule has 0 spiro atoms. The molecule has 2 rings (SSSR count). The minimum absolute atomic E-state index is 0.266. The Bertz CT molecular complexity index is 497. The summed E-state index contributed by atoms with van der Waals surface area (Å²) in [6.07, 6.45) is 1.28. The van der Waals surface area contributed by atoms with Gasteiger partial charge in [0, 0.05) is 31.7 Å². The Morgan fingerprint density at radius 2 is 1.88 bits per heavy atom. The van der Waals surface area contributed by atoms with Crippen molar-refractivity contribution in [3.8, 4) is 0 Å². The highest BCUT2D eigenvalue weighted by Crippen LogP contribution is 2.32. The van der Waals surface area contributed by atoms with Crippen LogP contribution in [0.2, 0.25) is 0 Å². The van der Waals surface area contributed by atoms with Crippen molar-refractivity contribution in [1.82, 2.24) is 20.4 Å². The molecule has 0 saturated carbocycles. The van der Waals surface area contributed by atoms with Crippen molar-refractivity contribution in [3.05, 3.63) is 0 Å². The van der Waals surface area contributed by atoms with Crippen LogP contribution in [-0.2, 0) is 4.79 Å². The lowest BCUT2D eigenvalue weighted by atomic mass is 9.82. The topological polar surface area (TPSA) is 60.0 Å². The average molecular weight is 377 g/mol. The van der Waals surface area contributed by atoms with Crippen molar-refractivity contribution in [2.24, 2.45) is 4.99 Å². The Morgan fingerprint density at radius 1 is 1.27 bits per heavy atom. The Morgan fingerprint density at radius 3 is 2.42 bits per heavy atom. The number of hydrogen-bond acceptors (Lipinski definition) is 3. The number of fused-ring (bicyclic) bond motifs is 2. The fourth-order valence-corrected chi connectivity index (χ4v) is 3.87. The van der Waals surface area contributed by atoms with Gasteiger partial charge in [-0.15, -0.1) is 0 Å². The summed E-state index contributed by atoms with van der Waals surface area (Å²) in [6.45, 7) is 0.973. The van der Waals surface area contributed by atoms with Crippen LogP contribution < -0.4 is 10.6 Å². The minimum atomic E-state index is -4.40. The maximum atomic E-state index is 12.4. The second-order valence-corrected chi connectivity index (χ2v) is 7.28. The zero-order valence-electron chi connectivity index (χ0n) is 15.8.